The van der Waals surface area contributed by atoms with Crippen LogP contribution >= 0.6 is 0 Å². The number of benzene rings is 4. The van der Waals surface area contributed by atoms with E-state index in [1.807, 2.05) is 30.3 Å². The van der Waals surface area contributed by atoms with Crippen molar-refractivity contribution >= 4 is 50.8 Å². The Morgan fingerprint density at radius 1 is 0.778 bits per heavy atom. The highest BCUT2D eigenvalue weighted by molar-refractivity contribution is 6.05. The number of nitrogens with one attached hydrogen (secondary N) is 3. The number of anilines is 5. The van der Waals surface area contributed by atoms with E-state index in [4.69, 9.17) is 6.57 Å². The summed E-state index contributed by atoms with van der Waals surface area (Å²) in [6, 6.07) is 26.4. The monoisotopic (exact) mass is 473 g/mol. The first-order chi connectivity index (χ1) is 17.6. The highest BCUT2D eigenvalue weighted by atomic mass is 19.1. The molecule has 0 unspecified atom stereocenters. The molecule has 0 saturated heterocycles. The van der Waals surface area contributed by atoms with Crippen molar-refractivity contribution in [2.75, 3.05) is 16.0 Å². The molecule has 5 aromatic rings. The number of halogens is 1. The van der Waals surface area contributed by atoms with E-state index in [-0.39, 0.29) is 5.69 Å². The summed E-state index contributed by atoms with van der Waals surface area (Å²) in [5.74, 6) is -0.954. The van der Waals surface area contributed by atoms with Crippen LogP contribution in [0.25, 0.3) is 15.6 Å². The van der Waals surface area contributed by atoms with Crippen molar-refractivity contribution in [2.24, 2.45) is 0 Å². The fourth-order valence-corrected chi connectivity index (χ4v) is 3.79. The number of pyridine rings is 1. The summed E-state index contributed by atoms with van der Waals surface area (Å²) >= 11 is 0. The third kappa shape index (κ3) is 4.98. The van der Waals surface area contributed by atoms with Gasteiger partial charge >= 0.3 is 0 Å². The summed E-state index contributed by atoms with van der Waals surface area (Å²) in [6.07, 6.45) is 3.30. The Kier molecular flexibility index (Phi) is 6.24. The average molecular weight is 474 g/mol. The highest BCUT2D eigenvalue weighted by Crippen LogP contribution is 2.30. The molecule has 0 saturated carbocycles. The van der Waals surface area contributed by atoms with Crippen LogP contribution in [0.1, 0.15) is 10.4 Å². The summed E-state index contributed by atoms with van der Waals surface area (Å²) < 4.78 is 14.4. The molecule has 3 N–H and O–H groups in total. The summed E-state index contributed by atoms with van der Waals surface area (Å²) in [5.41, 5.74) is 4.10. The molecule has 1 aromatic heterocycles. The van der Waals surface area contributed by atoms with E-state index >= 15 is 0 Å². The molecule has 6 nitrogen and oxygen atoms in total. The van der Waals surface area contributed by atoms with Gasteiger partial charge in [-0.05, 0) is 77.5 Å². The summed E-state index contributed by atoms with van der Waals surface area (Å²) in [7, 11) is 0. The number of carbonyl (C=O) groups is 1. The molecule has 0 aliphatic carbocycles. The predicted octanol–water partition coefficient (Wildman–Crippen LogP) is 7.66. The minimum absolute atomic E-state index is 0.0765. The highest BCUT2D eigenvalue weighted by Gasteiger charge is 2.11. The second-order valence-electron chi connectivity index (χ2n) is 8.03. The van der Waals surface area contributed by atoms with Crippen molar-refractivity contribution in [2.45, 2.75) is 0 Å². The number of rotatable bonds is 6. The lowest BCUT2D eigenvalue weighted by molar-refractivity contribution is 0.102. The van der Waals surface area contributed by atoms with E-state index in [1.54, 1.807) is 67.0 Å². The number of amides is 1. The van der Waals surface area contributed by atoms with Gasteiger partial charge in [0.2, 0.25) is 0 Å². The molecule has 174 valence electrons. The molecule has 4 aromatic carbocycles. The quantitative estimate of drug-likeness (QED) is 0.221. The minimum Gasteiger partial charge on any atom is -0.355 e. The molecule has 1 amide bonds. The molecule has 0 bridgehead atoms. The summed E-state index contributed by atoms with van der Waals surface area (Å²) in [5, 5.41) is 11.1. The summed E-state index contributed by atoms with van der Waals surface area (Å²) in [6.45, 7) is 7.27. The van der Waals surface area contributed by atoms with Crippen molar-refractivity contribution in [1.29, 1.82) is 0 Å². The van der Waals surface area contributed by atoms with E-state index in [0.717, 1.165) is 27.8 Å². The fourth-order valence-electron chi connectivity index (χ4n) is 3.79. The van der Waals surface area contributed by atoms with Crippen molar-refractivity contribution in [1.82, 2.24) is 4.98 Å². The number of hydrogen-bond acceptors (Lipinski definition) is 4. The van der Waals surface area contributed by atoms with Crippen LogP contribution < -0.4 is 16.0 Å². The van der Waals surface area contributed by atoms with Crippen LogP contribution in [-0.4, -0.2) is 10.9 Å². The second-order valence-corrected chi connectivity index (χ2v) is 8.03. The van der Waals surface area contributed by atoms with Gasteiger partial charge in [0.1, 0.15) is 5.82 Å². The number of fused-ring (bicyclic) bond motifs is 1. The van der Waals surface area contributed by atoms with Crippen molar-refractivity contribution in [3.63, 3.8) is 0 Å². The van der Waals surface area contributed by atoms with E-state index in [9.17, 15) is 9.18 Å². The van der Waals surface area contributed by atoms with Crippen LogP contribution in [0, 0.1) is 12.4 Å². The van der Waals surface area contributed by atoms with Gasteiger partial charge in [-0.1, -0.05) is 24.3 Å². The zero-order valence-electron chi connectivity index (χ0n) is 19.0. The lowest BCUT2D eigenvalue weighted by atomic mass is 10.1. The largest absolute Gasteiger partial charge is 0.355 e. The third-order valence-electron chi connectivity index (χ3n) is 5.60. The first-order valence-electron chi connectivity index (χ1n) is 11.1. The lowest BCUT2D eigenvalue weighted by Gasteiger charge is -2.12. The predicted molar refractivity (Wildman–Crippen MR) is 142 cm³/mol. The first kappa shape index (κ1) is 22.6. The topological polar surface area (TPSA) is 70.4 Å². The fraction of sp³-hybridized carbons (Fsp3) is 0. The maximum Gasteiger partial charge on any atom is 0.255 e. The Hall–Kier alpha value is -5.22. The zero-order valence-corrected chi connectivity index (χ0v) is 19.0. The van der Waals surface area contributed by atoms with E-state index < -0.39 is 11.7 Å². The first-order valence-corrected chi connectivity index (χ1v) is 11.1. The van der Waals surface area contributed by atoms with Crippen LogP contribution in [0.5, 0.6) is 0 Å². The molecule has 0 atom stereocenters. The Balaban J connectivity index is 1.31. The Bertz CT molecular complexity index is 1590. The van der Waals surface area contributed by atoms with Crippen molar-refractivity contribution in [3.8, 4) is 0 Å². The molecule has 7 heteroatoms. The molecule has 0 aliphatic heterocycles. The van der Waals surface area contributed by atoms with Crippen LogP contribution in [0.2, 0.25) is 0 Å². The Labute approximate surface area is 207 Å². The lowest BCUT2D eigenvalue weighted by Crippen LogP contribution is -2.13. The van der Waals surface area contributed by atoms with Crippen LogP contribution in [0.4, 0.5) is 38.5 Å². The van der Waals surface area contributed by atoms with Gasteiger partial charge in [-0.2, -0.15) is 0 Å². The van der Waals surface area contributed by atoms with Gasteiger partial charge in [0.05, 0.1) is 12.3 Å². The maximum absolute atomic E-state index is 14.4. The minimum atomic E-state index is -0.531. The third-order valence-corrected chi connectivity index (χ3v) is 5.60. The standard InChI is InChI=1S/C29H20FN5O/c1-31-23-10-5-19-3-2-4-27(25(19)17-23)34-21-8-6-20(7-9-21)29(36)35-28-18-24(11-12-26(28)30)33-22-13-15-32-16-14-22/h2-18,34H,(H,32,33)(H,35,36). The van der Waals surface area contributed by atoms with Gasteiger partial charge < -0.3 is 16.0 Å². The number of aromatic nitrogens is 1. The van der Waals surface area contributed by atoms with Crippen molar-refractivity contribution in [3.05, 3.63) is 126 Å². The molecular weight excluding hydrogens is 453 g/mol. The normalized spacial score (nSPS) is 10.4. The maximum atomic E-state index is 14.4. The number of nitrogens with zero attached hydrogens (tertiary/aromatic N) is 2. The SMILES string of the molecule is [C-]#[N+]c1ccc2cccc(Nc3ccc(C(=O)Nc4cc(Nc5ccncc5)ccc4F)cc3)c2c1. The van der Waals surface area contributed by atoms with Gasteiger partial charge in [0.25, 0.3) is 5.91 Å². The van der Waals surface area contributed by atoms with Crippen LogP contribution in [0.15, 0.2) is 103 Å². The molecule has 5 rings (SSSR count). The molecule has 0 fully saturated rings. The number of carbonyl (C=O) groups excluding carboxylic acids is 1. The molecular formula is C29H20FN5O. The van der Waals surface area contributed by atoms with Gasteiger partial charge in [-0.3, -0.25) is 9.78 Å². The Morgan fingerprint density at radius 2 is 1.53 bits per heavy atom. The molecule has 0 spiro atoms. The molecule has 0 radical (unpaired) electrons. The zero-order chi connectivity index (χ0) is 24.9. The van der Waals surface area contributed by atoms with Gasteiger partial charge in [-0.15, -0.1) is 0 Å². The second kappa shape index (κ2) is 9.95. The van der Waals surface area contributed by atoms with Crippen LogP contribution in [0.3, 0.4) is 0 Å². The van der Waals surface area contributed by atoms with Gasteiger partial charge in [-0.25, -0.2) is 9.24 Å². The molecule has 36 heavy (non-hydrogen) atoms. The average Bonchev–Trinajstić information content (AvgIpc) is 2.91. The Morgan fingerprint density at radius 3 is 2.31 bits per heavy atom. The summed E-state index contributed by atoms with van der Waals surface area (Å²) in [4.78, 5) is 20.3. The number of hydrogen-bond donors (Lipinski definition) is 3. The van der Waals surface area contributed by atoms with E-state index in [2.05, 4.69) is 25.8 Å². The smallest absolute Gasteiger partial charge is 0.255 e. The molecule has 1 heterocycles. The van der Waals surface area contributed by atoms with Crippen molar-refractivity contribution < 1.29 is 9.18 Å². The van der Waals surface area contributed by atoms with Crippen LogP contribution in [-0.2, 0) is 0 Å². The van der Waals surface area contributed by atoms with E-state index in [0.29, 0.717) is 16.9 Å². The van der Waals surface area contributed by atoms with E-state index in [1.165, 1.54) is 6.07 Å². The van der Waals surface area contributed by atoms with Gasteiger partial charge in [0, 0.05) is 40.7 Å². The van der Waals surface area contributed by atoms with Gasteiger partial charge in [0.15, 0.2) is 5.69 Å². The molecule has 0 aliphatic rings.